The van der Waals surface area contributed by atoms with Crippen LogP contribution in [-0.4, -0.2) is 51.6 Å². The Morgan fingerprint density at radius 1 is 1.31 bits per heavy atom. The molecule has 0 aliphatic carbocycles. The van der Waals surface area contributed by atoms with Gasteiger partial charge in [0.1, 0.15) is 0 Å². The Kier molecular flexibility index (Phi) is 5.78. The first-order chi connectivity index (χ1) is 5.88. The van der Waals surface area contributed by atoms with E-state index in [2.05, 4.69) is 0 Å². The SMILES string of the molecule is CN(C)CCCN(CF)S(=O)(=O)Cl. The van der Waals surface area contributed by atoms with E-state index in [9.17, 15) is 12.8 Å². The summed E-state index contributed by atoms with van der Waals surface area (Å²) in [6.45, 7) is -0.261. The van der Waals surface area contributed by atoms with Crippen molar-refractivity contribution in [2.75, 3.05) is 34.0 Å². The maximum Gasteiger partial charge on any atom is 0.302 e. The van der Waals surface area contributed by atoms with Crippen molar-refractivity contribution in [2.45, 2.75) is 6.42 Å². The maximum absolute atomic E-state index is 12.1. The lowest BCUT2D eigenvalue weighted by Crippen LogP contribution is -2.29. The highest BCUT2D eigenvalue weighted by atomic mass is 35.7. The molecule has 0 aromatic carbocycles. The second-order valence-electron chi connectivity index (χ2n) is 2.89. The van der Waals surface area contributed by atoms with Gasteiger partial charge >= 0.3 is 9.24 Å². The summed E-state index contributed by atoms with van der Waals surface area (Å²) in [7, 11) is 4.77. The molecule has 0 N–H and O–H groups in total. The summed E-state index contributed by atoms with van der Waals surface area (Å²) in [5, 5.41) is 0. The Bertz CT molecular complexity index is 233. The minimum Gasteiger partial charge on any atom is -0.309 e. The zero-order valence-electron chi connectivity index (χ0n) is 7.70. The van der Waals surface area contributed by atoms with Crippen molar-refractivity contribution < 1.29 is 12.8 Å². The molecule has 0 saturated carbocycles. The number of alkyl halides is 1. The molecule has 0 spiro atoms. The van der Waals surface area contributed by atoms with Crippen LogP contribution >= 0.6 is 10.7 Å². The van der Waals surface area contributed by atoms with E-state index < -0.39 is 16.0 Å². The number of hydrogen-bond acceptors (Lipinski definition) is 3. The van der Waals surface area contributed by atoms with Crippen LogP contribution in [0.3, 0.4) is 0 Å². The number of halogens is 2. The Balaban J connectivity index is 3.88. The van der Waals surface area contributed by atoms with Crippen molar-refractivity contribution in [1.29, 1.82) is 0 Å². The highest BCUT2D eigenvalue weighted by molar-refractivity contribution is 8.11. The fourth-order valence-electron chi connectivity index (χ4n) is 0.790. The molecule has 0 amide bonds. The maximum atomic E-state index is 12.1. The molecule has 0 aromatic rings. The normalized spacial score (nSPS) is 12.8. The largest absolute Gasteiger partial charge is 0.309 e. The summed E-state index contributed by atoms with van der Waals surface area (Å²) in [6, 6.07) is 0. The van der Waals surface area contributed by atoms with Crippen LogP contribution in [-0.2, 0) is 9.24 Å². The van der Waals surface area contributed by atoms with Crippen LogP contribution in [0.15, 0.2) is 0 Å². The molecular weight excluding hydrogens is 219 g/mol. The van der Waals surface area contributed by atoms with Crippen LogP contribution in [0.25, 0.3) is 0 Å². The third kappa shape index (κ3) is 6.20. The lowest BCUT2D eigenvalue weighted by atomic mass is 10.4. The first-order valence-electron chi connectivity index (χ1n) is 3.78. The lowest BCUT2D eigenvalue weighted by molar-refractivity contribution is 0.277. The lowest BCUT2D eigenvalue weighted by Gasteiger charge is -2.15. The van der Waals surface area contributed by atoms with Crippen molar-refractivity contribution in [3.63, 3.8) is 0 Å². The Morgan fingerprint density at radius 2 is 1.85 bits per heavy atom. The molecule has 0 aliphatic heterocycles. The molecular formula is C6H14ClFN2O2S. The third-order valence-electron chi connectivity index (χ3n) is 1.45. The van der Waals surface area contributed by atoms with E-state index in [0.717, 1.165) is 0 Å². The monoisotopic (exact) mass is 232 g/mol. The van der Waals surface area contributed by atoms with Crippen LogP contribution < -0.4 is 0 Å². The van der Waals surface area contributed by atoms with Crippen molar-refractivity contribution in [3.05, 3.63) is 0 Å². The summed E-state index contributed by atoms with van der Waals surface area (Å²) in [5.41, 5.74) is 0. The Morgan fingerprint density at radius 3 is 2.15 bits per heavy atom. The van der Waals surface area contributed by atoms with Gasteiger partial charge in [-0.3, -0.25) is 0 Å². The average molecular weight is 233 g/mol. The van der Waals surface area contributed by atoms with Gasteiger partial charge in [0.25, 0.3) is 0 Å². The molecule has 0 rings (SSSR count). The molecule has 7 heteroatoms. The predicted octanol–water partition coefficient (Wildman–Crippen LogP) is 0.651. The van der Waals surface area contributed by atoms with Gasteiger partial charge in [0.2, 0.25) is 0 Å². The van der Waals surface area contributed by atoms with Crippen molar-refractivity contribution in [1.82, 2.24) is 9.21 Å². The molecule has 0 heterocycles. The van der Waals surface area contributed by atoms with Crippen molar-refractivity contribution in [2.24, 2.45) is 0 Å². The Labute approximate surface area is 82.8 Å². The fourth-order valence-corrected chi connectivity index (χ4v) is 1.57. The van der Waals surface area contributed by atoms with Gasteiger partial charge in [-0.1, -0.05) is 0 Å². The van der Waals surface area contributed by atoms with Crippen molar-refractivity contribution >= 4 is 19.9 Å². The van der Waals surface area contributed by atoms with E-state index in [1.54, 1.807) is 0 Å². The second-order valence-corrected chi connectivity index (χ2v) is 5.40. The van der Waals surface area contributed by atoms with Gasteiger partial charge in [-0.2, -0.15) is 12.7 Å². The van der Waals surface area contributed by atoms with Gasteiger partial charge in [0.05, 0.1) is 0 Å². The van der Waals surface area contributed by atoms with E-state index in [0.29, 0.717) is 17.3 Å². The smallest absolute Gasteiger partial charge is 0.302 e. The van der Waals surface area contributed by atoms with Gasteiger partial charge in [0.15, 0.2) is 6.80 Å². The first-order valence-corrected chi connectivity index (χ1v) is 6.05. The first kappa shape index (κ1) is 13.1. The van der Waals surface area contributed by atoms with Crippen LogP contribution in [0.5, 0.6) is 0 Å². The third-order valence-corrected chi connectivity index (χ3v) is 2.94. The topological polar surface area (TPSA) is 40.6 Å². The number of hydrogen-bond donors (Lipinski definition) is 0. The molecule has 0 radical (unpaired) electrons. The van der Waals surface area contributed by atoms with Crippen LogP contribution in [0.4, 0.5) is 4.39 Å². The summed E-state index contributed by atoms with van der Waals surface area (Å²) >= 11 is 0. The standard InChI is InChI=1S/C6H14ClFN2O2S/c1-9(2)4-3-5-10(6-8)13(7,11)12/h3-6H2,1-2H3. The van der Waals surface area contributed by atoms with E-state index in [4.69, 9.17) is 10.7 Å². The summed E-state index contributed by atoms with van der Waals surface area (Å²) in [6.07, 6.45) is 0.558. The minimum absolute atomic E-state index is 0.112. The summed E-state index contributed by atoms with van der Waals surface area (Å²) in [5.74, 6) is 0. The molecule has 0 unspecified atom stereocenters. The molecule has 0 aromatic heterocycles. The predicted molar refractivity (Wildman–Crippen MR) is 50.6 cm³/mol. The quantitative estimate of drug-likeness (QED) is 0.499. The van der Waals surface area contributed by atoms with E-state index in [1.807, 2.05) is 19.0 Å². The molecule has 0 fully saturated rings. The van der Waals surface area contributed by atoms with Crippen LogP contribution in [0.2, 0.25) is 0 Å². The van der Waals surface area contributed by atoms with Crippen molar-refractivity contribution in [3.8, 4) is 0 Å². The fraction of sp³-hybridized carbons (Fsp3) is 1.00. The van der Waals surface area contributed by atoms with Gasteiger partial charge in [-0.25, -0.2) is 4.39 Å². The van der Waals surface area contributed by atoms with Crippen LogP contribution in [0.1, 0.15) is 6.42 Å². The molecule has 4 nitrogen and oxygen atoms in total. The summed E-state index contributed by atoms with van der Waals surface area (Å²) < 4.78 is 34.1. The Hall–Kier alpha value is 0.0900. The molecule has 0 atom stereocenters. The highest BCUT2D eigenvalue weighted by Crippen LogP contribution is 2.06. The summed E-state index contributed by atoms with van der Waals surface area (Å²) in [4.78, 5) is 1.89. The van der Waals surface area contributed by atoms with Gasteiger partial charge < -0.3 is 4.90 Å². The van der Waals surface area contributed by atoms with Crippen LogP contribution in [0, 0.1) is 0 Å². The number of rotatable bonds is 6. The molecule has 0 bridgehead atoms. The second kappa shape index (κ2) is 5.74. The van der Waals surface area contributed by atoms with E-state index in [-0.39, 0.29) is 6.54 Å². The zero-order valence-corrected chi connectivity index (χ0v) is 9.28. The van der Waals surface area contributed by atoms with Gasteiger partial charge in [-0.15, -0.1) is 0 Å². The van der Waals surface area contributed by atoms with Gasteiger partial charge in [0, 0.05) is 17.2 Å². The molecule has 13 heavy (non-hydrogen) atoms. The molecule has 0 aliphatic rings. The highest BCUT2D eigenvalue weighted by Gasteiger charge is 2.17. The number of nitrogens with zero attached hydrogens (tertiary/aromatic N) is 2. The molecule has 80 valence electrons. The minimum atomic E-state index is -3.90. The van der Waals surface area contributed by atoms with E-state index >= 15 is 0 Å². The molecule has 0 saturated heterocycles. The van der Waals surface area contributed by atoms with Gasteiger partial charge in [-0.05, 0) is 27.1 Å². The van der Waals surface area contributed by atoms with E-state index in [1.165, 1.54) is 0 Å². The average Bonchev–Trinajstić information content (AvgIpc) is 1.95. The zero-order chi connectivity index (χ0) is 10.5.